The van der Waals surface area contributed by atoms with Crippen LogP contribution in [-0.2, 0) is 19.4 Å². The van der Waals surface area contributed by atoms with Crippen LogP contribution in [0.3, 0.4) is 0 Å². The van der Waals surface area contributed by atoms with Gasteiger partial charge < -0.3 is 9.64 Å². The number of carbonyl (C=O) groups excluding carboxylic acids is 2. The molecule has 1 fully saturated rings. The number of alkyl halides is 3. The van der Waals surface area contributed by atoms with Gasteiger partial charge in [0.05, 0.1) is 35.4 Å². The maximum atomic E-state index is 12.7. The predicted molar refractivity (Wildman–Crippen MR) is 97.2 cm³/mol. The molecule has 0 aliphatic carbocycles. The van der Waals surface area contributed by atoms with Crippen molar-refractivity contribution in [2.75, 3.05) is 23.0 Å². The molecule has 1 atom stereocenters. The Balaban J connectivity index is 2.54. The average Bonchev–Trinajstić information content (AvgIpc) is 2.87. The lowest BCUT2D eigenvalue weighted by molar-refractivity contribution is -0.118. The molecule has 6 nitrogen and oxygen atoms in total. The smallest absolute Gasteiger partial charge is 0.340 e. The van der Waals surface area contributed by atoms with Crippen LogP contribution in [0.5, 0.6) is 0 Å². The first kappa shape index (κ1) is 20.3. The third-order valence-corrected chi connectivity index (χ3v) is 5.93. The first-order chi connectivity index (χ1) is 11.6. The van der Waals surface area contributed by atoms with E-state index in [-0.39, 0.29) is 35.8 Å². The number of benzene rings is 1. The molecule has 0 spiro atoms. The van der Waals surface area contributed by atoms with E-state index >= 15 is 0 Å². The second kappa shape index (κ2) is 7.70. The molecule has 1 aliphatic rings. The van der Waals surface area contributed by atoms with Gasteiger partial charge in [0, 0.05) is 0 Å². The van der Waals surface area contributed by atoms with Gasteiger partial charge in [-0.3, -0.25) is 4.79 Å². The summed E-state index contributed by atoms with van der Waals surface area (Å²) < 4.78 is 26.4. The van der Waals surface area contributed by atoms with Gasteiger partial charge in [-0.05, 0) is 25.5 Å². The molecule has 25 heavy (non-hydrogen) atoms. The number of esters is 1. The Morgan fingerprint density at radius 3 is 2.44 bits per heavy atom. The lowest BCUT2D eigenvalue weighted by Crippen LogP contribution is -2.47. The van der Waals surface area contributed by atoms with E-state index in [2.05, 4.69) is 0 Å². The number of halogens is 3. The van der Waals surface area contributed by atoms with E-state index in [1.54, 1.807) is 19.1 Å². The van der Waals surface area contributed by atoms with Gasteiger partial charge in [0.15, 0.2) is 9.84 Å². The van der Waals surface area contributed by atoms with Crippen molar-refractivity contribution in [1.82, 2.24) is 0 Å². The van der Waals surface area contributed by atoms with E-state index in [0.717, 1.165) is 4.90 Å². The van der Waals surface area contributed by atoms with Crippen molar-refractivity contribution >= 4 is 62.2 Å². The van der Waals surface area contributed by atoms with Crippen LogP contribution in [-0.4, -0.2) is 48.2 Å². The first-order valence-electron chi connectivity index (χ1n) is 7.44. The Labute approximate surface area is 160 Å². The Bertz CT molecular complexity index is 776. The number of anilines is 1. The molecule has 0 bridgehead atoms. The summed E-state index contributed by atoms with van der Waals surface area (Å²) in [4.78, 5) is 26.0. The topological polar surface area (TPSA) is 80.8 Å². The molecule has 1 heterocycles. The fourth-order valence-electron chi connectivity index (χ4n) is 2.65. The molecule has 10 heteroatoms. The Hall–Kier alpha value is -1.02. The number of amides is 1. The highest BCUT2D eigenvalue weighted by Gasteiger charge is 2.43. The minimum absolute atomic E-state index is 0.0805. The van der Waals surface area contributed by atoms with E-state index in [1.165, 1.54) is 12.1 Å². The lowest BCUT2D eigenvalue weighted by Gasteiger charge is -2.32. The number of hydrogen-bond acceptors (Lipinski definition) is 5. The molecule has 2 rings (SSSR count). The van der Waals surface area contributed by atoms with Gasteiger partial charge in [-0.15, -0.1) is 0 Å². The molecule has 1 aromatic rings. The van der Waals surface area contributed by atoms with Crippen molar-refractivity contribution in [2.24, 2.45) is 0 Å². The van der Waals surface area contributed by atoms with Crippen LogP contribution in [0.15, 0.2) is 24.3 Å². The molecule has 0 saturated carbocycles. The zero-order valence-corrected chi connectivity index (χ0v) is 16.3. The Morgan fingerprint density at radius 1 is 1.28 bits per heavy atom. The molecule has 1 aliphatic heterocycles. The third kappa shape index (κ3) is 4.78. The standard InChI is InChI=1S/C15H16Cl3NO5S/c1-2-24-13(20)11-5-3-4-6-12(11)19(14(21)15(16,17)18)10-7-8-25(22,23)9-10/h3-6,10H,2,7-9H2,1H3. The zero-order valence-electron chi connectivity index (χ0n) is 13.2. The monoisotopic (exact) mass is 427 g/mol. The molecule has 0 radical (unpaired) electrons. The summed E-state index contributed by atoms with van der Waals surface area (Å²) in [7, 11) is -3.31. The van der Waals surface area contributed by atoms with E-state index in [0.29, 0.717) is 0 Å². The summed E-state index contributed by atoms with van der Waals surface area (Å²) in [6.45, 7) is 1.79. The number of para-hydroxylation sites is 1. The summed E-state index contributed by atoms with van der Waals surface area (Å²) in [5.74, 6) is -1.92. The maximum absolute atomic E-state index is 12.7. The van der Waals surface area contributed by atoms with Gasteiger partial charge in [-0.1, -0.05) is 46.9 Å². The number of hydrogen-bond donors (Lipinski definition) is 0. The molecule has 1 saturated heterocycles. The third-order valence-electron chi connectivity index (χ3n) is 3.69. The van der Waals surface area contributed by atoms with Crippen LogP contribution in [0.4, 0.5) is 5.69 Å². The zero-order chi connectivity index (χ0) is 18.8. The highest BCUT2D eigenvalue weighted by atomic mass is 35.6. The first-order valence-corrected chi connectivity index (χ1v) is 10.4. The molecule has 1 aromatic carbocycles. The van der Waals surface area contributed by atoms with Gasteiger partial charge in [0.1, 0.15) is 0 Å². The van der Waals surface area contributed by atoms with Gasteiger partial charge in [-0.25, -0.2) is 13.2 Å². The largest absolute Gasteiger partial charge is 0.462 e. The minimum Gasteiger partial charge on any atom is -0.462 e. The van der Waals surface area contributed by atoms with E-state index < -0.39 is 31.5 Å². The molecular formula is C15H16Cl3NO5S. The minimum atomic E-state index is -3.31. The van der Waals surface area contributed by atoms with E-state index in [1.807, 2.05) is 0 Å². The van der Waals surface area contributed by atoms with Crippen molar-refractivity contribution in [3.05, 3.63) is 29.8 Å². The van der Waals surface area contributed by atoms with E-state index in [9.17, 15) is 18.0 Å². The van der Waals surface area contributed by atoms with Crippen molar-refractivity contribution in [3.8, 4) is 0 Å². The summed E-state index contributed by atoms with van der Waals surface area (Å²) in [5, 5.41) is 0. The molecule has 1 unspecified atom stereocenters. The van der Waals surface area contributed by atoms with Crippen molar-refractivity contribution < 1.29 is 22.7 Å². The van der Waals surface area contributed by atoms with Crippen LogP contribution in [0.2, 0.25) is 0 Å². The van der Waals surface area contributed by atoms with Gasteiger partial charge in [-0.2, -0.15) is 0 Å². The van der Waals surface area contributed by atoms with Crippen LogP contribution in [0.25, 0.3) is 0 Å². The summed E-state index contributed by atoms with van der Waals surface area (Å²) in [6, 6.07) is 5.42. The lowest BCUT2D eigenvalue weighted by atomic mass is 10.1. The fraction of sp³-hybridized carbons (Fsp3) is 0.467. The SMILES string of the molecule is CCOC(=O)c1ccccc1N(C(=O)C(Cl)(Cl)Cl)C1CCS(=O)(=O)C1. The summed E-state index contributed by atoms with van der Waals surface area (Å²) in [5.41, 5.74) is 0.246. The molecule has 0 N–H and O–H groups in total. The number of carbonyl (C=O) groups is 2. The Morgan fingerprint density at radius 2 is 1.92 bits per heavy atom. The van der Waals surface area contributed by atoms with Crippen molar-refractivity contribution in [3.63, 3.8) is 0 Å². The quantitative estimate of drug-likeness (QED) is 0.544. The molecule has 1 amide bonds. The van der Waals surface area contributed by atoms with Crippen molar-refractivity contribution in [2.45, 2.75) is 23.2 Å². The predicted octanol–water partition coefficient (Wildman–Crippen LogP) is 2.75. The fourth-order valence-corrected chi connectivity index (χ4v) is 4.63. The highest BCUT2D eigenvalue weighted by molar-refractivity contribution is 7.91. The van der Waals surface area contributed by atoms with Crippen LogP contribution in [0.1, 0.15) is 23.7 Å². The molecule has 0 aromatic heterocycles. The van der Waals surface area contributed by atoms with Gasteiger partial charge in [0.2, 0.25) is 0 Å². The highest BCUT2D eigenvalue weighted by Crippen LogP contribution is 2.35. The van der Waals surface area contributed by atoms with E-state index in [4.69, 9.17) is 39.5 Å². The normalized spacial score (nSPS) is 19.4. The Kier molecular flexibility index (Phi) is 6.25. The van der Waals surface area contributed by atoms with Crippen molar-refractivity contribution in [1.29, 1.82) is 0 Å². The summed E-state index contributed by atoms with van der Waals surface area (Å²) in [6.07, 6.45) is 0.186. The van der Waals surface area contributed by atoms with Crippen LogP contribution in [0, 0.1) is 0 Å². The second-order valence-corrected chi connectivity index (χ2v) is 9.98. The number of sulfone groups is 1. The number of rotatable bonds is 4. The number of ether oxygens (including phenoxy) is 1. The second-order valence-electron chi connectivity index (χ2n) is 5.47. The van der Waals surface area contributed by atoms with Crippen LogP contribution < -0.4 is 4.90 Å². The molecular weight excluding hydrogens is 413 g/mol. The number of nitrogens with zero attached hydrogens (tertiary/aromatic N) is 1. The van der Waals surface area contributed by atoms with Gasteiger partial charge >= 0.3 is 5.97 Å². The van der Waals surface area contributed by atoms with Gasteiger partial charge in [0.25, 0.3) is 9.70 Å². The maximum Gasteiger partial charge on any atom is 0.340 e. The molecule has 138 valence electrons. The van der Waals surface area contributed by atoms with Crippen LogP contribution >= 0.6 is 34.8 Å². The summed E-state index contributed by atoms with van der Waals surface area (Å²) >= 11 is 17.2. The average molecular weight is 429 g/mol.